The van der Waals surface area contributed by atoms with E-state index in [4.69, 9.17) is 4.74 Å². The van der Waals surface area contributed by atoms with Crippen LogP contribution in [0.25, 0.3) is 16.2 Å². The van der Waals surface area contributed by atoms with Crippen LogP contribution in [-0.2, 0) is 6.42 Å². The van der Waals surface area contributed by atoms with Crippen LogP contribution in [0.5, 0.6) is 17.2 Å². The number of phenolic OH excluding ortho intramolecular Hbond substituents is 2. The van der Waals surface area contributed by atoms with Gasteiger partial charge >= 0.3 is 0 Å². The van der Waals surface area contributed by atoms with Crippen molar-refractivity contribution in [2.24, 2.45) is 0 Å². The van der Waals surface area contributed by atoms with E-state index in [1.54, 1.807) is 28.8 Å². The van der Waals surface area contributed by atoms with Crippen molar-refractivity contribution in [3.05, 3.63) is 69.0 Å². The van der Waals surface area contributed by atoms with Crippen molar-refractivity contribution >= 4 is 16.3 Å². The van der Waals surface area contributed by atoms with Gasteiger partial charge in [0, 0.05) is 17.4 Å². The molecular weight excluding hydrogens is 378 g/mol. The first-order valence-electron chi connectivity index (χ1n) is 8.49. The Hall–Kier alpha value is -3.39. The summed E-state index contributed by atoms with van der Waals surface area (Å²) in [7, 11) is 1.47. The van der Waals surface area contributed by atoms with Gasteiger partial charge in [-0.1, -0.05) is 6.07 Å². The normalized spacial score (nSPS) is 11.1. The maximum Gasteiger partial charge on any atom is 0.296 e. The number of aryl methyl sites for hydroxylation is 1. The Morgan fingerprint density at radius 3 is 2.68 bits per heavy atom. The summed E-state index contributed by atoms with van der Waals surface area (Å²) in [5.41, 5.74) is 3.10. The van der Waals surface area contributed by atoms with Crippen LogP contribution >= 0.6 is 11.3 Å². The Morgan fingerprint density at radius 1 is 1.14 bits per heavy atom. The molecule has 0 aliphatic heterocycles. The van der Waals surface area contributed by atoms with Gasteiger partial charge in [-0.15, -0.1) is 11.3 Å². The molecule has 4 rings (SSSR count). The quantitative estimate of drug-likeness (QED) is 0.551. The van der Waals surface area contributed by atoms with Crippen molar-refractivity contribution < 1.29 is 14.9 Å². The van der Waals surface area contributed by atoms with Gasteiger partial charge in [0.25, 0.3) is 5.56 Å². The highest BCUT2D eigenvalue weighted by Crippen LogP contribution is 2.29. The summed E-state index contributed by atoms with van der Waals surface area (Å²) in [6.07, 6.45) is 0.259. The van der Waals surface area contributed by atoms with E-state index in [2.05, 4.69) is 10.1 Å². The van der Waals surface area contributed by atoms with E-state index < -0.39 is 0 Å². The molecule has 142 valence electrons. The fourth-order valence-electron chi connectivity index (χ4n) is 2.94. The van der Waals surface area contributed by atoms with E-state index in [9.17, 15) is 15.0 Å². The molecule has 2 aromatic carbocycles. The molecule has 2 N–H and O–H groups in total. The van der Waals surface area contributed by atoms with Gasteiger partial charge in [0.05, 0.1) is 12.8 Å². The lowest BCUT2D eigenvalue weighted by Gasteiger charge is -2.07. The zero-order chi connectivity index (χ0) is 19.8. The first-order chi connectivity index (χ1) is 13.5. The molecule has 0 aliphatic carbocycles. The number of aromatic hydroxyl groups is 2. The minimum absolute atomic E-state index is 0.0346. The smallest absolute Gasteiger partial charge is 0.296 e. The summed E-state index contributed by atoms with van der Waals surface area (Å²) in [5.74, 6) is 0.595. The zero-order valence-corrected chi connectivity index (χ0v) is 16.0. The summed E-state index contributed by atoms with van der Waals surface area (Å²) >= 11 is 1.33. The Morgan fingerprint density at radius 2 is 1.93 bits per heavy atom. The van der Waals surface area contributed by atoms with Crippen molar-refractivity contribution in [1.82, 2.24) is 14.6 Å². The van der Waals surface area contributed by atoms with Crippen LogP contribution in [0, 0.1) is 6.92 Å². The van der Waals surface area contributed by atoms with Crippen molar-refractivity contribution in [2.75, 3.05) is 7.11 Å². The molecule has 0 atom stereocenters. The number of hydrogen-bond donors (Lipinski definition) is 2. The number of benzene rings is 2. The van der Waals surface area contributed by atoms with E-state index in [1.165, 1.54) is 24.5 Å². The van der Waals surface area contributed by atoms with Gasteiger partial charge in [-0.25, -0.2) is 4.52 Å². The fourth-order valence-corrected chi connectivity index (χ4v) is 3.77. The number of nitrogens with zero attached hydrogens (tertiary/aromatic N) is 3. The average Bonchev–Trinajstić information content (AvgIpc) is 3.08. The average molecular weight is 395 g/mol. The van der Waals surface area contributed by atoms with E-state index in [0.29, 0.717) is 16.4 Å². The molecule has 0 fully saturated rings. The number of ether oxygens (including phenoxy) is 1. The number of methoxy groups -OCH3 is 1. The highest BCUT2D eigenvalue weighted by atomic mass is 32.1. The minimum atomic E-state index is -0.387. The predicted molar refractivity (Wildman–Crippen MR) is 106 cm³/mol. The van der Waals surface area contributed by atoms with Crippen LogP contribution in [0.2, 0.25) is 0 Å². The first kappa shape index (κ1) is 18.0. The first-order valence-corrected chi connectivity index (χ1v) is 9.37. The van der Waals surface area contributed by atoms with E-state index in [1.807, 2.05) is 18.4 Å². The van der Waals surface area contributed by atoms with E-state index in [0.717, 1.165) is 22.4 Å². The van der Waals surface area contributed by atoms with Crippen molar-refractivity contribution in [2.45, 2.75) is 13.3 Å². The Kier molecular flexibility index (Phi) is 4.48. The van der Waals surface area contributed by atoms with Crippen molar-refractivity contribution in [3.63, 3.8) is 0 Å². The fraction of sp³-hybridized carbons (Fsp3) is 0.150. The van der Waals surface area contributed by atoms with Crippen LogP contribution < -0.4 is 10.3 Å². The second kappa shape index (κ2) is 6.97. The van der Waals surface area contributed by atoms with Gasteiger partial charge in [0.1, 0.15) is 11.4 Å². The Labute approximate surface area is 164 Å². The maximum atomic E-state index is 12.4. The predicted octanol–water partition coefficient (Wildman–Crippen LogP) is 3.14. The number of fused-ring (bicyclic) bond motifs is 1. The largest absolute Gasteiger partial charge is 0.508 e. The summed E-state index contributed by atoms with van der Waals surface area (Å²) in [6.45, 7) is 1.82. The Bertz CT molecular complexity index is 1250. The molecule has 2 heterocycles. The molecule has 0 unspecified atom stereocenters. The zero-order valence-electron chi connectivity index (χ0n) is 15.2. The Balaban J connectivity index is 1.79. The molecule has 0 bridgehead atoms. The molecule has 0 spiro atoms. The summed E-state index contributed by atoms with van der Waals surface area (Å²) in [5, 5.41) is 25.9. The topological polar surface area (TPSA) is 97.0 Å². The van der Waals surface area contributed by atoms with Gasteiger partial charge in [-0.05, 0) is 48.4 Å². The third-order valence-corrected chi connectivity index (χ3v) is 5.27. The molecule has 4 aromatic rings. The second-order valence-electron chi connectivity index (χ2n) is 6.36. The molecule has 0 radical (unpaired) electrons. The lowest BCUT2D eigenvalue weighted by Crippen LogP contribution is -2.18. The van der Waals surface area contributed by atoms with Gasteiger partial charge < -0.3 is 14.9 Å². The lowest BCUT2D eigenvalue weighted by molar-refractivity contribution is 0.373. The monoisotopic (exact) mass is 395 g/mol. The van der Waals surface area contributed by atoms with Gasteiger partial charge in [0.15, 0.2) is 11.5 Å². The minimum Gasteiger partial charge on any atom is -0.508 e. The second-order valence-corrected chi connectivity index (χ2v) is 7.20. The summed E-state index contributed by atoms with van der Waals surface area (Å²) < 4.78 is 6.76. The SMILES string of the molecule is COc1cc(Cc2nn3c(-c4ccc(O)c(C)c4)csc3nc2=O)ccc1O. The molecule has 2 aromatic heterocycles. The van der Waals surface area contributed by atoms with E-state index >= 15 is 0 Å². The third-order valence-electron chi connectivity index (χ3n) is 4.46. The van der Waals surface area contributed by atoms with E-state index in [-0.39, 0.29) is 23.5 Å². The molecule has 0 saturated carbocycles. The highest BCUT2D eigenvalue weighted by molar-refractivity contribution is 7.15. The summed E-state index contributed by atoms with van der Waals surface area (Å²) in [6, 6.07) is 10.2. The standard InChI is InChI=1S/C20H17N3O4S/c1-11-7-13(4-6-16(11)24)15-10-28-20-21-19(26)14(22-23(15)20)8-12-3-5-17(25)18(9-12)27-2/h3-7,9-10,24-25H,8H2,1-2H3. The van der Waals surface area contributed by atoms with Crippen molar-refractivity contribution in [3.8, 4) is 28.5 Å². The molecule has 0 saturated heterocycles. The van der Waals surface area contributed by atoms with Gasteiger partial charge in [-0.3, -0.25) is 4.79 Å². The molecular formula is C20H17N3O4S. The lowest BCUT2D eigenvalue weighted by atomic mass is 10.1. The van der Waals surface area contributed by atoms with Crippen molar-refractivity contribution in [1.29, 1.82) is 0 Å². The van der Waals surface area contributed by atoms with Crippen LogP contribution in [0.15, 0.2) is 46.6 Å². The van der Waals surface area contributed by atoms with Crippen LogP contribution in [0.1, 0.15) is 16.8 Å². The van der Waals surface area contributed by atoms with Crippen LogP contribution in [0.4, 0.5) is 0 Å². The number of rotatable bonds is 4. The molecule has 0 aliphatic rings. The highest BCUT2D eigenvalue weighted by Gasteiger charge is 2.14. The summed E-state index contributed by atoms with van der Waals surface area (Å²) in [4.78, 5) is 17.1. The number of phenols is 2. The van der Waals surface area contributed by atoms with Gasteiger partial charge in [0.2, 0.25) is 4.96 Å². The maximum absolute atomic E-state index is 12.4. The van der Waals surface area contributed by atoms with Crippen LogP contribution in [-0.4, -0.2) is 31.9 Å². The van der Waals surface area contributed by atoms with Crippen LogP contribution in [0.3, 0.4) is 0 Å². The molecule has 8 heteroatoms. The molecule has 0 amide bonds. The number of aromatic nitrogens is 3. The molecule has 28 heavy (non-hydrogen) atoms. The van der Waals surface area contributed by atoms with Gasteiger partial charge in [-0.2, -0.15) is 10.1 Å². The molecule has 7 nitrogen and oxygen atoms in total. The third kappa shape index (κ3) is 3.18. The number of hydrogen-bond acceptors (Lipinski definition) is 7. The number of thiazole rings is 1.